The highest BCUT2D eigenvalue weighted by Crippen LogP contribution is 2.26. The van der Waals surface area contributed by atoms with Gasteiger partial charge in [0, 0.05) is 6.20 Å². The van der Waals surface area contributed by atoms with E-state index in [0.717, 1.165) is 16.9 Å². The molecular formula is C16H17Cl3N4O. The SMILES string of the molecule is Cc1ccnc(C(C)C)c1NCNC(=O)c1cc(Cl)c(Cl)nc1Cl. The van der Waals surface area contributed by atoms with E-state index in [-0.39, 0.29) is 33.5 Å². The second kappa shape index (κ2) is 8.01. The summed E-state index contributed by atoms with van der Waals surface area (Å²) in [5.41, 5.74) is 3.07. The summed E-state index contributed by atoms with van der Waals surface area (Å²) in [7, 11) is 0. The summed E-state index contributed by atoms with van der Waals surface area (Å²) in [6.07, 6.45) is 1.77. The second-order valence-corrected chi connectivity index (χ2v) is 6.62. The van der Waals surface area contributed by atoms with Crippen LogP contribution in [0.4, 0.5) is 5.69 Å². The van der Waals surface area contributed by atoms with Gasteiger partial charge in [-0.1, -0.05) is 48.7 Å². The van der Waals surface area contributed by atoms with Crippen molar-refractivity contribution in [3.05, 3.63) is 50.5 Å². The average Bonchev–Trinajstić information content (AvgIpc) is 2.52. The molecule has 0 aliphatic rings. The zero-order valence-corrected chi connectivity index (χ0v) is 15.7. The summed E-state index contributed by atoms with van der Waals surface area (Å²) < 4.78 is 0. The van der Waals surface area contributed by atoms with Crippen molar-refractivity contribution in [1.82, 2.24) is 15.3 Å². The van der Waals surface area contributed by atoms with Crippen LogP contribution in [0.15, 0.2) is 18.3 Å². The Bertz CT molecular complexity index is 765. The number of amides is 1. The molecule has 1 amide bonds. The Morgan fingerprint density at radius 1 is 1.25 bits per heavy atom. The quantitative estimate of drug-likeness (QED) is 0.578. The molecular weight excluding hydrogens is 371 g/mol. The highest BCUT2D eigenvalue weighted by atomic mass is 35.5. The molecule has 128 valence electrons. The molecule has 24 heavy (non-hydrogen) atoms. The molecule has 0 unspecified atom stereocenters. The first-order valence-electron chi connectivity index (χ1n) is 7.30. The zero-order valence-electron chi connectivity index (χ0n) is 13.5. The first-order valence-corrected chi connectivity index (χ1v) is 8.43. The topological polar surface area (TPSA) is 66.9 Å². The first-order chi connectivity index (χ1) is 11.3. The van der Waals surface area contributed by atoms with E-state index in [1.165, 1.54) is 6.07 Å². The predicted octanol–water partition coefficient (Wildman–Crippen LogP) is 4.67. The minimum Gasteiger partial charge on any atom is -0.366 e. The maximum Gasteiger partial charge on any atom is 0.255 e. The summed E-state index contributed by atoms with van der Waals surface area (Å²) in [4.78, 5) is 20.4. The number of anilines is 1. The van der Waals surface area contributed by atoms with Crippen molar-refractivity contribution in [2.75, 3.05) is 12.0 Å². The van der Waals surface area contributed by atoms with Crippen LogP contribution in [0, 0.1) is 6.92 Å². The Morgan fingerprint density at radius 2 is 1.96 bits per heavy atom. The lowest BCUT2D eigenvalue weighted by molar-refractivity contribution is 0.0956. The van der Waals surface area contributed by atoms with Gasteiger partial charge < -0.3 is 10.6 Å². The third-order valence-corrected chi connectivity index (χ3v) is 4.34. The number of hydrogen-bond acceptors (Lipinski definition) is 4. The molecule has 0 spiro atoms. The molecule has 8 heteroatoms. The summed E-state index contributed by atoms with van der Waals surface area (Å²) in [6, 6.07) is 3.30. The Balaban J connectivity index is 2.08. The number of nitrogens with zero attached hydrogens (tertiary/aromatic N) is 2. The van der Waals surface area contributed by atoms with E-state index in [1.807, 2.05) is 13.0 Å². The second-order valence-electron chi connectivity index (χ2n) is 5.50. The van der Waals surface area contributed by atoms with Crippen LogP contribution in [0.3, 0.4) is 0 Å². The predicted molar refractivity (Wildman–Crippen MR) is 98.3 cm³/mol. The zero-order chi connectivity index (χ0) is 17.9. The number of hydrogen-bond donors (Lipinski definition) is 2. The maximum atomic E-state index is 12.2. The number of aryl methyl sites for hydroxylation is 1. The van der Waals surface area contributed by atoms with E-state index in [0.29, 0.717) is 0 Å². The number of carbonyl (C=O) groups excluding carboxylic acids is 1. The molecule has 0 saturated heterocycles. The number of carbonyl (C=O) groups is 1. The maximum absolute atomic E-state index is 12.2. The van der Waals surface area contributed by atoms with E-state index in [9.17, 15) is 4.79 Å². The lowest BCUT2D eigenvalue weighted by Crippen LogP contribution is -2.30. The van der Waals surface area contributed by atoms with Crippen LogP contribution in [0.25, 0.3) is 0 Å². The molecule has 0 bridgehead atoms. The van der Waals surface area contributed by atoms with Crippen LogP contribution >= 0.6 is 34.8 Å². The van der Waals surface area contributed by atoms with Gasteiger partial charge in [0.25, 0.3) is 5.91 Å². The smallest absolute Gasteiger partial charge is 0.255 e. The summed E-state index contributed by atoms with van der Waals surface area (Å²) >= 11 is 17.6. The van der Waals surface area contributed by atoms with Gasteiger partial charge in [0.1, 0.15) is 10.3 Å². The third kappa shape index (κ3) is 4.29. The van der Waals surface area contributed by atoms with Crippen molar-refractivity contribution in [3.8, 4) is 0 Å². The van der Waals surface area contributed by atoms with Crippen LogP contribution in [0.2, 0.25) is 15.3 Å². The molecule has 2 heterocycles. The fourth-order valence-corrected chi connectivity index (χ4v) is 2.72. The van der Waals surface area contributed by atoms with Gasteiger partial charge in [0.2, 0.25) is 0 Å². The summed E-state index contributed by atoms with van der Waals surface area (Å²) in [5.74, 6) is -0.136. The lowest BCUT2D eigenvalue weighted by atomic mass is 10.1. The van der Waals surface area contributed by atoms with Crippen molar-refractivity contribution < 1.29 is 4.79 Å². The van der Waals surface area contributed by atoms with Crippen molar-refractivity contribution in [3.63, 3.8) is 0 Å². The standard InChI is InChI=1S/C16H17Cl3N4O/c1-8(2)12-13(9(3)4-5-20-12)21-7-22-16(24)10-6-11(17)15(19)23-14(10)18/h4-6,8,21H,7H2,1-3H3,(H,22,24). The molecule has 0 saturated carbocycles. The van der Waals surface area contributed by atoms with Gasteiger partial charge in [0.15, 0.2) is 0 Å². The monoisotopic (exact) mass is 386 g/mol. The summed E-state index contributed by atoms with van der Waals surface area (Å²) in [6.45, 7) is 6.32. The van der Waals surface area contributed by atoms with Crippen molar-refractivity contribution in [2.45, 2.75) is 26.7 Å². The van der Waals surface area contributed by atoms with Crippen LogP contribution < -0.4 is 10.6 Å². The van der Waals surface area contributed by atoms with Gasteiger partial charge in [-0.25, -0.2) is 4.98 Å². The minimum atomic E-state index is -0.397. The van der Waals surface area contributed by atoms with Gasteiger partial charge in [-0.05, 0) is 30.5 Å². The first kappa shape index (κ1) is 18.8. The van der Waals surface area contributed by atoms with Gasteiger partial charge >= 0.3 is 0 Å². The van der Waals surface area contributed by atoms with E-state index >= 15 is 0 Å². The van der Waals surface area contributed by atoms with E-state index in [2.05, 4.69) is 34.4 Å². The molecule has 0 fully saturated rings. The molecule has 2 aromatic heterocycles. The van der Waals surface area contributed by atoms with E-state index < -0.39 is 5.91 Å². The van der Waals surface area contributed by atoms with Crippen molar-refractivity contribution >= 4 is 46.4 Å². The average molecular weight is 388 g/mol. The largest absolute Gasteiger partial charge is 0.366 e. The number of pyridine rings is 2. The Hall–Kier alpha value is -1.56. The minimum absolute atomic E-state index is 0.00216. The third-order valence-electron chi connectivity index (χ3n) is 3.38. The number of rotatable bonds is 5. The van der Waals surface area contributed by atoms with Crippen LogP contribution in [0.5, 0.6) is 0 Å². The van der Waals surface area contributed by atoms with Gasteiger partial charge in [-0.3, -0.25) is 9.78 Å². The van der Waals surface area contributed by atoms with E-state index in [4.69, 9.17) is 34.8 Å². The lowest BCUT2D eigenvalue weighted by Gasteiger charge is -2.16. The molecule has 5 nitrogen and oxygen atoms in total. The van der Waals surface area contributed by atoms with E-state index in [1.54, 1.807) is 6.20 Å². The van der Waals surface area contributed by atoms with Gasteiger partial charge in [-0.2, -0.15) is 0 Å². The van der Waals surface area contributed by atoms with Gasteiger partial charge in [0.05, 0.1) is 28.6 Å². The molecule has 0 radical (unpaired) electrons. The normalized spacial score (nSPS) is 10.8. The highest BCUT2D eigenvalue weighted by molar-refractivity contribution is 6.42. The number of halogens is 3. The Kier molecular flexibility index (Phi) is 6.27. The van der Waals surface area contributed by atoms with Gasteiger partial charge in [-0.15, -0.1) is 0 Å². The fourth-order valence-electron chi connectivity index (χ4n) is 2.16. The number of aromatic nitrogens is 2. The Labute approximate surface area is 155 Å². The molecule has 0 aliphatic carbocycles. The molecule has 0 aliphatic heterocycles. The molecule has 0 aromatic carbocycles. The van der Waals surface area contributed by atoms with Crippen LogP contribution in [0.1, 0.15) is 41.4 Å². The van der Waals surface area contributed by atoms with Crippen molar-refractivity contribution in [1.29, 1.82) is 0 Å². The number of nitrogens with one attached hydrogen (secondary N) is 2. The fraction of sp³-hybridized carbons (Fsp3) is 0.312. The Morgan fingerprint density at radius 3 is 2.62 bits per heavy atom. The molecule has 2 aromatic rings. The molecule has 0 atom stereocenters. The molecule has 2 rings (SSSR count). The van der Waals surface area contributed by atoms with Crippen LogP contribution in [-0.4, -0.2) is 22.5 Å². The molecule has 2 N–H and O–H groups in total. The highest BCUT2D eigenvalue weighted by Gasteiger charge is 2.15. The van der Waals surface area contributed by atoms with Crippen LogP contribution in [-0.2, 0) is 0 Å². The van der Waals surface area contributed by atoms with Crippen molar-refractivity contribution in [2.24, 2.45) is 0 Å². The summed E-state index contributed by atoms with van der Waals surface area (Å²) in [5, 5.41) is 6.15.